The number of benzene rings is 1. The largest absolute Gasteiger partial charge is 0.496 e. The molecule has 0 saturated heterocycles. The van der Waals surface area contributed by atoms with Gasteiger partial charge in [-0.1, -0.05) is 0 Å². The Morgan fingerprint density at radius 2 is 1.75 bits per heavy atom. The smallest absolute Gasteiger partial charge is 0.454 e. The quantitative estimate of drug-likeness (QED) is 0.732. The number of methoxy groups -OCH3 is 1. The van der Waals surface area contributed by atoms with Crippen LogP contribution in [0.4, 0.5) is 13.2 Å². The van der Waals surface area contributed by atoms with Crippen LogP contribution in [0.25, 0.3) is 0 Å². The molecule has 5 heteroatoms. The maximum atomic E-state index is 12.2. The number of alkyl halides is 3. The van der Waals surface area contributed by atoms with E-state index < -0.39 is 12.0 Å². The summed E-state index contributed by atoms with van der Waals surface area (Å²) in [5, 5.41) is 0. The fraction of sp³-hybridized carbons (Fsp3) is 0.364. The minimum Gasteiger partial charge on any atom is -0.496 e. The predicted octanol–water partition coefficient (Wildman–Crippen LogP) is 3.06. The topological polar surface area (TPSA) is 26.3 Å². The molecule has 0 fully saturated rings. The Morgan fingerprint density at radius 1 is 1.19 bits per heavy atom. The predicted molar refractivity (Wildman–Crippen MR) is 52.9 cm³/mol. The summed E-state index contributed by atoms with van der Waals surface area (Å²) in [6.07, 6.45) is -4.84. The standard InChI is InChI=1S/C11H11F3O2/c1-6-7(2)9(16-3)5-4-8(6)10(15)11(12,13)14/h4-5H,1-3H3. The number of ether oxygens (including phenoxy) is 1. The first kappa shape index (κ1) is 12.5. The van der Waals surface area contributed by atoms with Gasteiger partial charge in [0.05, 0.1) is 7.11 Å². The summed E-state index contributed by atoms with van der Waals surface area (Å²) in [7, 11) is 1.42. The molecule has 0 spiro atoms. The third-order valence-electron chi connectivity index (χ3n) is 2.46. The summed E-state index contributed by atoms with van der Waals surface area (Å²) in [5.41, 5.74) is 0.505. The molecule has 1 aromatic carbocycles. The molecule has 0 radical (unpaired) electrons. The lowest BCUT2D eigenvalue weighted by atomic mass is 9.99. The van der Waals surface area contributed by atoms with E-state index in [0.717, 1.165) is 6.07 Å². The number of ketones is 1. The number of hydrogen-bond donors (Lipinski definition) is 0. The second-order valence-corrected chi connectivity index (χ2v) is 3.39. The van der Waals surface area contributed by atoms with E-state index in [4.69, 9.17) is 4.74 Å². The van der Waals surface area contributed by atoms with Crippen molar-refractivity contribution in [3.05, 3.63) is 28.8 Å². The van der Waals surface area contributed by atoms with Crippen molar-refractivity contribution in [2.24, 2.45) is 0 Å². The van der Waals surface area contributed by atoms with Crippen LogP contribution in [-0.2, 0) is 0 Å². The Morgan fingerprint density at radius 3 is 2.19 bits per heavy atom. The molecule has 1 aromatic rings. The molecule has 0 N–H and O–H groups in total. The number of halogens is 3. The first-order chi connectivity index (χ1) is 7.29. The van der Waals surface area contributed by atoms with Gasteiger partial charge in [-0.05, 0) is 37.1 Å². The molecule has 1 rings (SSSR count). The molecule has 0 saturated carbocycles. The number of rotatable bonds is 2. The van der Waals surface area contributed by atoms with Crippen molar-refractivity contribution in [1.29, 1.82) is 0 Å². The van der Waals surface area contributed by atoms with E-state index in [1.54, 1.807) is 6.92 Å². The van der Waals surface area contributed by atoms with Crippen LogP contribution >= 0.6 is 0 Å². The molecule has 0 amide bonds. The van der Waals surface area contributed by atoms with E-state index in [0.29, 0.717) is 16.9 Å². The third-order valence-corrected chi connectivity index (χ3v) is 2.46. The second kappa shape index (κ2) is 4.15. The minimum absolute atomic E-state index is 0.293. The molecule has 0 heterocycles. The summed E-state index contributed by atoms with van der Waals surface area (Å²) in [6, 6.07) is 2.50. The molecule has 0 atom stereocenters. The van der Waals surface area contributed by atoms with Crippen LogP contribution in [0.5, 0.6) is 5.75 Å². The molecule has 0 unspecified atom stereocenters. The Kier molecular flexibility index (Phi) is 3.26. The summed E-state index contributed by atoms with van der Waals surface area (Å²) in [4.78, 5) is 11.1. The Hall–Kier alpha value is -1.52. The van der Waals surface area contributed by atoms with Gasteiger partial charge in [0.2, 0.25) is 0 Å². The molecule has 0 aliphatic heterocycles. The van der Waals surface area contributed by atoms with Crippen LogP contribution in [-0.4, -0.2) is 19.1 Å². The molecule has 88 valence electrons. The SMILES string of the molecule is COc1ccc(C(=O)C(F)(F)F)c(C)c1C. The third kappa shape index (κ3) is 2.18. The molecule has 0 aromatic heterocycles. The highest BCUT2D eigenvalue weighted by atomic mass is 19.4. The highest BCUT2D eigenvalue weighted by molar-refractivity contribution is 6.01. The molecule has 2 nitrogen and oxygen atoms in total. The normalized spacial score (nSPS) is 11.4. The van der Waals surface area contributed by atoms with Gasteiger partial charge in [0, 0.05) is 5.56 Å². The highest BCUT2D eigenvalue weighted by Gasteiger charge is 2.40. The van der Waals surface area contributed by atoms with Gasteiger partial charge in [0.25, 0.3) is 5.78 Å². The van der Waals surface area contributed by atoms with Gasteiger partial charge in [0.1, 0.15) is 5.75 Å². The van der Waals surface area contributed by atoms with Crippen molar-refractivity contribution >= 4 is 5.78 Å². The van der Waals surface area contributed by atoms with Gasteiger partial charge >= 0.3 is 6.18 Å². The van der Waals surface area contributed by atoms with Crippen molar-refractivity contribution < 1.29 is 22.7 Å². The van der Waals surface area contributed by atoms with Crippen LogP contribution in [0.1, 0.15) is 21.5 Å². The van der Waals surface area contributed by atoms with Crippen molar-refractivity contribution in [3.8, 4) is 5.75 Å². The number of hydrogen-bond acceptors (Lipinski definition) is 2. The van der Waals surface area contributed by atoms with E-state index in [2.05, 4.69) is 0 Å². The fourth-order valence-corrected chi connectivity index (χ4v) is 1.42. The highest BCUT2D eigenvalue weighted by Crippen LogP contribution is 2.28. The molecule has 0 bridgehead atoms. The zero-order valence-electron chi connectivity index (χ0n) is 9.11. The summed E-state index contributed by atoms with van der Waals surface area (Å²) in [6.45, 7) is 3.08. The van der Waals surface area contributed by atoms with E-state index in [1.165, 1.54) is 20.1 Å². The van der Waals surface area contributed by atoms with Gasteiger partial charge < -0.3 is 4.74 Å². The lowest BCUT2D eigenvalue weighted by Gasteiger charge is -2.12. The van der Waals surface area contributed by atoms with Crippen LogP contribution in [0.2, 0.25) is 0 Å². The van der Waals surface area contributed by atoms with Crippen molar-refractivity contribution in [3.63, 3.8) is 0 Å². The molecule has 16 heavy (non-hydrogen) atoms. The first-order valence-electron chi connectivity index (χ1n) is 4.54. The van der Waals surface area contributed by atoms with E-state index in [1.807, 2.05) is 0 Å². The van der Waals surface area contributed by atoms with Crippen molar-refractivity contribution in [2.45, 2.75) is 20.0 Å². The molecule has 0 aliphatic rings. The molecule has 0 aliphatic carbocycles. The average Bonchev–Trinajstić information content (AvgIpc) is 2.20. The summed E-state index contributed by atoms with van der Waals surface area (Å²) in [5.74, 6) is -1.35. The number of carbonyl (C=O) groups excluding carboxylic acids is 1. The van der Waals surface area contributed by atoms with E-state index in [9.17, 15) is 18.0 Å². The first-order valence-corrected chi connectivity index (χ1v) is 4.54. The fourth-order valence-electron chi connectivity index (χ4n) is 1.42. The van der Waals surface area contributed by atoms with E-state index in [-0.39, 0.29) is 5.56 Å². The molecular weight excluding hydrogens is 221 g/mol. The number of Topliss-reactive ketones (excluding diaryl/α,β-unsaturated/α-hetero) is 1. The lowest BCUT2D eigenvalue weighted by Crippen LogP contribution is -2.23. The maximum absolute atomic E-state index is 12.2. The van der Waals surface area contributed by atoms with Gasteiger partial charge in [-0.15, -0.1) is 0 Å². The van der Waals surface area contributed by atoms with Crippen LogP contribution in [0.3, 0.4) is 0 Å². The Bertz CT molecular complexity index is 422. The van der Waals surface area contributed by atoms with Crippen LogP contribution in [0, 0.1) is 13.8 Å². The van der Waals surface area contributed by atoms with Crippen molar-refractivity contribution in [2.75, 3.05) is 7.11 Å². The summed E-state index contributed by atoms with van der Waals surface area (Å²) >= 11 is 0. The average molecular weight is 232 g/mol. The zero-order valence-corrected chi connectivity index (χ0v) is 9.11. The van der Waals surface area contributed by atoms with Gasteiger partial charge in [-0.3, -0.25) is 4.79 Å². The Labute approximate surface area is 91.0 Å². The maximum Gasteiger partial charge on any atom is 0.454 e. The number of carbonyl (C=O) groups is 1. The monoisotopic (exact) mass is 232 g/mol. The lowest BCUT2D eigenvalue weighted by molar-refractivity contribution is -0.0885. The van der Waals surface area contributed by atoms with Crippen molar-refractivity contribution in [1.82, 2.24) is 0 Å². The molecular formula is C11H11F3O2. The Balaban J connectivity index is 3.28. The zero-order chi connectivity index (χ0) is 12.5. The van der Waals surface area contributed by atoms with Crippen LogP contribution < -0.4 is 4.74 Å². The minimum atomic E-state index is -4.84. The second-order valence-electron chi connectivity index (χ2n) is 3.39. The van der Waals surface area contributed by atoms with Crippen LogP contribution in [0.15, 0.2) is 12.1 Å². The van der Waals surface area contributed by atoms with Gasteiger partial charge in [0.15, 0.2) is 0 Å². The van der Waals surface area contributed by atoms with Gasteiger partial charge in [-0.25, -0.2) is 0 Å². The van der Waals surface area contributed by atoms with E-state index >= 15 is 0 Å². The summed E-state index contributed by atoms with van der Waals surface area (Å²) < 4.78 is 41.7. The van der Waals surface area contributed by atoms with Gasteiger partial charge in [-0.2, -0.15) is 13.2 Å².